The van der Waals surface area contributed by atoms with Gasteiger partial charge in [-0.3, -0.25) is 4.79 Å². The molecule has 0 saturated carbocycles. The third kappa shape index (κ3) is 25.8. The molecule has 11 atom stereocenters. The molecule has 14 heteroatoms. The third-order valence-corrected chi connectivity index (χ3v) is 12.0. The average molecular weight is 903 g/mol. The summed E-state index contributed by atoms with van der Waals surface area (Å²) in [5.74, 6) is -0.380. The number of esters is 1. The van der Waals surface area contributed by atoms with Crippen LogP contribution in [0.1, 0.15) is 181 Å². The molecular formula is C49H90O14. The first-order valence-electron chi connectivity index (χ1n) is 24.9. The number of rotatable bonds is 39. The minimum atomic E-state index is -1.70. The van der Waals surface area contributed by atoms with Gasteiger partial charge in [-0.05, 0) is 44.9 Å². The summed E-state index contributed by atoms with van der Waals surface area (Å²) in [5.41, 5.74) is 0. The molecule has 7 N–H and O–H groups in total. The van der Waals surface area contributed by atoms with E-state index in [1.54, 1.807) is 0 Å². The number of ether oxygens (including phenoxy) is 6. The number of carbonyl (C=O) groups excluding carboxylic acids is 1. The molecule has 2 fully saturated rings. The van der Waals surface area contributed by atoms with E-state index in [0.717, 1.165) is 57.8 Å². The Morgan fingerprint density at radius 3 is 1.54 bits per heavy atom. The Morgan fingerprint density at radius 2 is 0.984 bits per heavy atom. The van der Waals surface area contributed by atoms with Gasteiger partial charge < -0.3 is 64.2 Å². The van der Waals surface area contributed by atoms with E-state index in [1.165, 1.54) is 96.3 Å². The van der Waals surface area contributed by atoms with Gasteiger partial charge in [-0.15, -0.1) is 0 Å². The standard InChI is InChI=1S/C49H90O14/c1-3-5-7-9-11-13-15-17-18-19-20-21-23-25-27-29-31-33-58-35-38(61-41(51)32-30-28-26-24-22-16-14-12-10-8-6-4-2)36-59-48-47(57)45(55)43(53)40(63-48)37-60-49-46(56)44(54)42(52)39(34-50)62-49/h13,15,18-19,38-40,42-50,52-57H,3-12,14,16-17,20-37H2,1-2H3/b15-13-,19-18-. The molecule has 14 nitrogen and oxygen atoms in total. The van der Waals surface area contributed by atoms with Gasteiger partial charge in [-0.25, -0.2) is 0 Å². The van der Waals surface area contributed by atoms with Crippen molar-refractivity contribution in [2.24, 2.45) is 0 Å². The second-order valence-electron chi connectivity index (χ2n) is 17.6. The van der Waals surface area contributed by atoms with Gasteiger partial charge in [0.15, 0.2) is 12.6 Å². The van der Waals surface area contributed by atoms with Crippen LogP contribution < -0.4 is 0 Å². The average Bonchev–Trinajstić information content (AvgIpc) is 3.28. The lowest BCUT2D eigenvalue weighted by atomic mass is 9.98. The lowest BCUT2D eigenvalue weighted by Crippen LogP contribution is -2.61. The van der Waals surface area contributed by atoms with Crippen LogP contribution in [0, 0.1) is 0 Å². The first kappa shape index (κ1) is 57.6. The van der Waals surface area contributed by atoms with E-state index in [-0.39, 0.29) is 25.6 Å². The Morgan fingerprint density at radius 1 is 0.524 bits per heavy atom. The van der Waals surface area contributed by atoms with Crippen LogP contribution in [0.5, 0.6) is 0 Å². The van der Waals surface area contributed by atoms with Crippen molar-refractivity contribution >= 4 is 5.97 Å². The van der Waals surface area contributed by atoms with Gasteiger partial charge in [-0.1, -0.05) is 154 Å². The summed E-state index contributed by atoms with van der Waals surface area (Å²) >= 11 is 0. The predicted molar refractivity (Wildman–Crippen MR) is 243 cm³/mol. The van der Waals surface area contributed by atoms with Gasteiger partial charge in [0.25, 0.3) is 0 Å². The zero-order chi connectivity index (χ0) is 45.9. The Labute approximate surface area is 379 Å². The number of hydrogen-bond donors (Lipinski definition) is 7. The second kappa shape index (κ2) is 37.5. The van der Waals surface area contributed by atoms with Crippen molar-refractivity contribution in [2.75, 3.05) is 33.0 Å². The van der Waals surface area contributed by atoms with E-state index in [0.29, 0.717) is 13.0 Å². The highest BCUT2D eigenvalue weighted by molar-refractivity contribution is 5.69. The van der Waals surface area contributed by atoms with Gasteiger partial charge in [0.2, 0.25) is 0 Å². The molecule has 2 heterocycles. The highest BCUT2D eigenvalue weighted by Gasteiger charge is 2.47. The minimum absolute atomic E-state index is 0.0577. The molecule has 0 spiro atoms. The van der Waals surface area contributed by atoms with E-state index >= 15 is 0 Å². The van der Waals surface area contributed by atoms with Crippen LogP contribution in [0.25, 0.3) is 0 Å². The SMILES string of the molecule is CCCCCC/C=C\C/C=C\CCCCCCCCOCC(COC1OC(COC2OC(CO)C(O)C(O)C2O)C(O)C(O)C1O)OC(=O)CCCCCCCCCCCCCC. The Balaban J connectivity index is 1.78. The summed E-state index contributed by atoms with van der Waals surface area (Å²) in [5, 5.41) is 72.0. The zero-order valence-corrected chi connectivity index (χ0v) is 39.1. The van der Waals surface area contributed by atoms with Crippen LogP contribution in [0.15, 0.2) is 24.3 Å². The second-order valence-corrected chi connectivity index (χ2v) is 17.6. The van der Waals surface area contributed by atoms with E-state index in [2.05, 4.69) is 38.2 Å². The van der Waals surface area contributed by atoms with Crippen LogP contribution in [-0.4, -0.2) is 142 Å². The van der Waals surface area contributed by atoms with Crippen molar-refractivity contribution < 1.29 is 69.0 Å². The van der Waals surface area contributed by atoms with Gasteiger partial charge in [0.1, 0.15) is 54.9 Å². The molecule has 11 unspecified atom stereocenters. The van der Waals surface area contributed by atoms with Crippen LogP contribution in [0.2, 0.25) is 0 Å². The van der Waals surface area contributed by atoms with Crippen LogP contribution in [0.4, 0.5) is 0 Å². The maximum absolute atomic E-state index is 13.0. The van der Waals surface area contributed by atoms with Crippen LogP contribution >= 0.6 is 0 Å². The van der Waals surface area contributed by atoms with Gasteiger partial charge in [0.05, 0.1) is 26.4 Å². The summed E-state index contributed by atoms with van der Waals surface area (Å²) in [6.45, 7) is 3.65. The number of unbranched alkanes of at least 4 members (excludes halogenated alkanes) is 21. The number of carbonyl (C=O) groups is 1. The fraction of sp³-hybridized carbons (Fsp3) is 0.898. The monoisotopic (exact) mass is 903 g/mol. The van der Waals surface area contributed by atoms with Crippen molar-refractivity contribution in [1.82, 2.24) is 0 Å². The van der Waals surface area contributed by atoms with Gasteiger partial charge in [-0.2, -0.15) is 0 Å². The predicted octanol–water partition coefficient (Wildman–Crippen LogP) is 6.85. The first-order valence-corrected chi connectivity index (χ1v) is 24.9. The first-order chi connectivity index (χ1) is 30.6. The lowest BCUT2D eigenvalue weighted by molar-refractivity contribution is -0.332. The molecule has 0 aromatic rings. The van der Waals surface area contributed by atoms with E-state index < -0.39 is 80.7 Å². The number of aliphatic hydroxyl groups excluding tert-OH is 7. The molecule has 0 radical (unpaired) electrons. The summed E-state index contributed by atoms with van der Waals surface area (Å²) < 4.78 is 34.2. The highest BCUT2D eigenvalue weighted by atomic mass is 16.7. The molecule has 0 aromatic heterocycles. The van der Waals surface area contributed by atoms with Crippen molar-refractivity contribution in [1.29, 1.82) is 0 Å². The fourth-order valence-electron chi connectivity index (χ4n) is 7.84. The summed E-state index contributed by atoms with van der Waals surface area (Å²) in [7, 11) is 0. The normalized spacial score (nSPS) is 27.1. The van der Waals surface area contributed by atoms with Crippen LogP contribution in [0.3, 0.4) is 0 Å². The molecule has 0 aromatic carbocycles. The van der Waals surface area contributed by atoms with E-state index in [9.17, 15) is 40.5 Å². The summed E-state index contributed by atoms with van der Waals surface area (Å²) in [6.07, 6.45) is 22.4. The molecule has 2 aliphatic heterocycles. The molecule has 0 bridgehead atoms. The van der Waals surface area contributed by atoms with Crippen molar-refractivity contribution in [3.8, 4) is 0 Å². The van der Waals surface area contributed by atoms with E-state index in [4.69, 9.17) is 28.4 Å². The summed E-state index contributed by atoms with van der Waals surface area (Å²) in [4.78, 5) is 13.0. The zero-order valence-electron chi connectivity index (χ0n) is 39.1. The number of allylic oxidation sites excluding steroid dienone is 4. The fourth-order valence-corrected chi connectivity index (χ4v) is 7.84. The third-order valence-electron chi connectivity index (χ3n) is 12.0. The molecule has 2 aliphatic rings. The largest absolute Gasteiger partial charge is 0.457 e. The van der Waals surface area contributed by atoms with Gasteiger partial charge >= 0.3 is 5.97 Å². The van der Waals surface area contributed by atoms with E-state index in [1.807, 2.05) is 0 Å². The van der Waals surface area contributed by atoms with Crippen molar-refractivity contribution in [3.63, 3.8) is 0 Å². The quantitative estimate of drug-likeness (QED) is 0.0191. The Bertz CT molecular complexity index is 1140. The number of hydrogen-bond acceptors (Lipinski definition) is 14. The van der Waals surface area contributed by atoms with Crippen molar-refractivity contribution in [2.45, 2.75) is 248 Å². The molecule has 2 rings (SSSR count). The highest BCUT2D eigenvalue weighted by Crippen LogP contribution is 2.26. The topological polar surface area (TPSA) is 214 Å². The lowest BCUT2D eigenvalue weighted by Gasteiger charge is -2.42. The van der Waals surface area contributed by atoms with Crippen molar-refractivity contribution in [3.05, 3.63) is 24.3 Å². The molecule has 0 amide bonds. The maximum atomic E-state index is 13.0. The smallest absolute Gasteiger partial charge is 0.306 e. The maximum Gasteiger partial charge on any atom is 0.306 e. The van der Waals surface area contributed by atoms with Gasteiger partial charge in [0, 0.05) is 13.0 Å². The Hall–Kier alpha value is -1.53. The number of aliphatic hydroxyl groups is 7. The molecule has 370 valence electrons. The molecular weight excluding hydrogens is 813 g/mol. The molecule has 0 aliphatic carbocycles. The minimum Gasteiger partial charge on any atom is -0.457 e. The Kier molecular flexibility index (Phi) is 34.3. The summed E-state index contributed by atoms with van der Waals surface area (Å²) in [6, 6.07) is 0. The van der Waals surface area contributed by atoms with Crippen LogP contribution in [-0.2, 0) is 33.2 Å². The molecule has 2 saturated heterocycles. The molecule has 63 heavy (non-hydrogen) atoms.